The maximum atomic E-state index is 10.6. The molecular formula is C20H28O3. The number of carbonyl (C=O) groups excluding carboxylic acids is 1. The van der Waals surface area contributed by atoms with Crippen LogP contribution in [-0.4, -0.2) is 13.4 Å². The lowest BCUT2D eigenvalue weighted by Gasteiger charge is -2.12. The van der Waals surface area contributed by atoms with Gasteiger partial charge >= 0.3 is 0 Å². The van der Waals surface area contributed by atoms with Crippen molar-refractivity contribution >= 4 is 6.29 Å². The van der Waals surface area contributed by atoms with E-state index in [1.165, 1.54) is 0 Å². The fraction of sp³-hybridized carbons (Fsp3) is 0.350. The van der Waals surface area contributed by atoms with Gasteiger partial charge in [0.05, 0.1) is 7.11 Å². The van der Waals surface area contributed by atoms with Crippen LogP contribution in [0.25, 0.3) is 0 Å². The average Bonchev–Trinajstić information content (AvgIpc) is 2.62. The van der Waals surface area contributed by atoms with Gasteiger partial charge in [0.2, 0.25) is 0 Å². The number of rotatable bonds is 4. The molecule has 0 aromatic heterocycles. The minimum atomic E-state index is 0.634. The topological polar surface area (TPSA) is 35.5 Å². The predicted octanol–water partition coefficient (Wildman–Crippen LogP) is 5.97. The van der Waals surface area contributed by atoms with Gasteiger partial charge in [-0.2, -0.15) is 0 Å². The Bertz CT molecular complexity index is 587. The highest BCUT2D eigenvalue weighted by molar-refractivity contribution is 5.74. The third kappa shape index (κ3) is 6.15. The second-order valence-corrected chi connectivity index (χ2v) is 4.38. The van der Waals surface area contributed by atoms with Crippen LogP contribution in [0.2, 0.25) is 0 Å². The van der Waals surface area contributed by atoms with E-state index in [0.29, 0.717) is 11.3 Å². The Kier molecular flexibility index (Phi) is 10.2. The molecule has 126 valence electrons. The summed E-state index contributed by atoms with van der Waals surface area (Å²) in [7, 11) is 1.65. The molecule has 0 saturated carbocycles. The van der Waals surface area contributed by atoms with Crippen LogP contribution in [0.4, 0.5) is 0 Å². The van der Waals surface area contributed by atoms with Crippen molar-refractivity contribution in [3.05, 3.63) is 53.1 Å². The first-order chi connectivity index (χ1) is 11.1. The first-order valence-electron chi connectivity index (χ1n) is 8.02. The SMILES string of the molecule is CC.CC.COc1cc(C)c(Oc2ccc(C=O)cc2)cc1C. The first kappa shape index (κ1) is 20.7. The fourth-order valence-corrected chi connectivity index (χ4v) is 1.83. The third-order valence-corrected chi connectivity index (χ3v) is 2.94. The molecule has 0 radical (unpaired) electrons. The molecule has 0 N–H and O–H groups in total. The highest BCUT2D eigenvalue weighted by Gasteiger charge is 2.07. The van der Waals surface area contributed by atoms with Crippen LogP contribution in [-0.2, 0) is 0 Å². The Morgan fingerprint density at radius 1 is 0.826 bits per heavy atom. The average molecular weight is 316 g/mol. The molecule has 0 amide bonds. The van der Waals surface area contributed by atoms with Crippen LogP contribution >= 0.6 is 0 Å². The highest BCUT2D eigenvalue weighted by atomic mass is 16.5. The smallest absolute Gasteiger partial charge is 0.150 e. The summed E-state index contributed by atoms with van der Waals surface area (Å²) in [5, 5.41) is 0. The zero-order valence-corrected chi connectivity index (χ0v) is 15.3. The van der Waals surface area contributed by atoms with E-state index >= 15 is 0 Å². The molecule has 2 aromatic rings. The standard InChI is InChI=1S/C16H16O3.2C2H6/c1-11-9-16(12(2)8-15(11)18-3)19-14-6-4-13(10-17)5-7-14;2*1-2/h4-10H,1-3H3;2*1-2H3. The number of hydrogen-bond donors (Lipinski definition) is 0. The minimum Gasteiger partial charge on any atom is -0.496 e. The number of methoxy groups -OCH3 is 1. The summed E-state index contributed by atoms with van der Waals surface area (Å²) in [6, 6.07) is 10.9. The van der Waals surface area contributed by atoms with Gasteiger partial charge in [-0.3, -0.25) is 4.79 Å². The summed E-state index contributed by atoms with van der Waals surface area (Å²) in [6.07, 6.45) is 0.812. The summed E-state index contributed by atoms with van der Waals surface area (Å²) >= 11 is 0. The molecule has 0 aliphatic heterocycles. The lowest BCUT2D eigenvalue weighted by molar-refractivity contribution is 0.112. The number of hydrogen-bond acceptors (Lipinski definition) is 3. The second-order valence-electron chi connectivity index (χ2n) is 4.38. The lowest BCUT2D eigenvalue weighted by Crippen LogP contribution is -1.93. The Hall–Kier alpha value is -2.29. The molecule has 0 aliphatic rings. The van der Waals surface area contributed by atoms with Crippen molar-refractivity contribution in [3.8, 4) is 17.2 Å². The van der Waals surface area contributed by atoms with Crippen molar-refractivity contribution < 1.29 is 14.3 Å². The Labute approximate surface area is 140 Å². The van der Waals surface area contributed by atoms with Crippen molar-refractivity contribution in [1.29, 1.82) is 0 Å². The monoisotopic (exact) mass is 316 g/mol. The molecule has 0 bridgehead atoms. The number of carbonyl (C=O) groups is 1. The number of aldehydes is 1. The third-order valence-electron chi connectivity index (χ3n) is 2.94. The van der Waals surface area contributed by atoms with Crippen molar-refractivity contribution in [2.75, 3.05) is 7.11 Å². The fourth-order valence-electron chi connectivity index (χ4n) is 1.83. The van der Waals surface area contributed by atoms with E-state index in [1.54, 1.807) is 31.4 Å². The molecule has 23 heavy (non-hydrogen) atoms. The molecule has 2 rings (SSSR count). The molecular weight excluding hydrogens is 288 g/mol. The van der Waals surface area contributed by atoms with Crippen LogP contribution in [0.3, 0.4) is 0 Å². The van der Waals surface area contributed by atoms with Crippen LogP contribution in [0.5, 0.6) is 17.2 Å². The van der Waals surface area contributed by atoms with Gasteiger partial charge in [0.15, 0.2) is 0 Å². The zero-order valence-electron chi connectivity index (χ0n) is 15.3. The van der Waals surface area contributed by atoms with Crippen LogP contribution in [0, 0.1) is 13.8 Å². The molecule has 0 heterocycles. The van der Waals surface area contributed by atoms with Crippen LogP contribution in [0.1, 0.15) is 49.2 Å². The molecule has 0 atom stereocenters. The summed E-state index contributed by atoms with van der Waals surface area (Å²) in [5.74, 6) is 2.34. The van der Waals surface area contributed by atoms with Gasteiger partial charge in [0.25, 0.3) is 0 Å². The van der Waals surface area contributed by atoms with Gasteiger partial charge in [-0.25, -0.2) is 0 Å². The van der Waals surface area contributed by atoms with E-state index < -0.39 is 0 Å². The molecule has 0 aliphatic carbocycles. The maximum absolute atomic E-state index is 10.6. The van der Waals surface area contributed by atoms with Crippen LogP contribution in [0.15, 0.2) is 36.4 Å². The van der Waals surface area contributed by atoms with Gasteiger partial charge in [-0.1, -0.05) is 27.7 Å². The number of aryl methyl sites for hydroxylation is 2. The molecule has 0 spiro atoms. The van der Waals surface area contributed by atoms with E-state index in [2.05, 4.69) is 0 Å². The second kappa shape index (κ2) is 11.3. The molecule has 0 unspecified atom stereocenters. The summed E-state index contributed by atoms with van der Waals surface area (Å²) in [6.45, 7) is 11.9. The Morgan fingerprint density at radius 3 is 1.78 bits per heavy atom. The largest absolute Gasteiger partial charge is 0.496 e. The predicted molar refractivity (Wildman–Crippen MR) is 97.1 cm³/mol. The number of ether oxygens (including phenoxy) is 2. The molecule has 2 aromatic carbocycles. The van der Waals surface area contributed by atoms with Crippen molar-refractivity contribution in [1.82, 2.24) is 0 Å². The maximum Gasteiger partial charge on any atom is 0.150 e. The van der Waals surface area contributed by atoms with Crippen molar-refractivity contribution in [3.63, 3.8) is 0 Å². The van der Waals surface area contributed by atoms with Crippen molar-refractivity contribution in [2.45, 2.75) is 41.5 Å². The number of benzene rings is 2. The van der Waals surface area contributed by atoms with E-state index in [4.69, 9.17) is 9.47 Å². The summed E-state index contributed by atoms with van der Waals surface area (Å²) in [5.41, 5.74) is 2.66. The van der Waals surface area contributed by atoms with E-state index in [9.17, 15) is 4.79 Å². The lowest BCUT2D eigenvalue weighted by atomic mass is 10.1. The van der Waals surface area contributed by atoms with E-state index in [1.807, 2.05) is 53.7 Å². The first-order valence-corrected chi connectivity index (χ1v) is 8.02. The summed E-state index contributed by atoms with van der Waals surface area (Å²) < 4.78 is 11.1. The Morgan fingerprint density at radius 2 is 1.30 bits per heavy atom. The van der Waals surface area contributed by atoms with Crippen LogP contribution < -0.4 is 9.47 Å². The molecule has 3 heteroatoms. The van der Waals surface area contributed by atoms with E-state index in [-0.39, 0.29) is 0 Å². The van der Waals surface area contributed by atoms with Gasteiger partial charge in [-0.05, 0) is 61.4 Å². The van der Waals surface area contributed by atoms with Crippen molar-refractivity contribution in [2.24, 2.45) is 0 Å². The van der Waals surface area contributed by atoms with Gasteiger partial charge in [0, 0.05) is 5.56 Å². The normalized spacial score (nSPS) is 8.83. The van der Waals surface area contributed by atoms with Gasteiger partial charge < -0.3 is 9.47 Å². The molecule has 3 nitrogen and oxygen atoms in total. The van der Waals surface area contributed by atoms with E-state index in [0.717, 1.165) is 28.9 Å². The quantitative estimate of drug-likeness (QED) is 0.652. The molecule has 0 fully saturated rings. The summed E-state index contributed by atoms with van der Waals surface area (Å²) in [4.78, 5) is 10.6. The minimum absolute atomic E-state index is 0.634. The highest BCUT2D eigenvalue weighted by Crippen LogP contribution is 2.31. The molecule has 0 saturated heterocycles. The van der Waals surface area contributed by atoms with Gasteiger partial charge in [-0.15, -0.1) is 0 Å². The zero-order chi connectivity index (χ0) is 17.8. The Balaban J connectivity index is 0.00000112. The van der Waals surface area contributed by atoms with Gasteiger partial charge in [0.1, 0.15) is 23.5 Å².